The van der Waals surface area contributed by atoms with Crippen LogP contribution in [-0.4, -0.2) is 32.6 Å². The fourth-order valence-corrected chi connectivity index (χ4v) is 4.22. The second kappa shape index (κ2) is 9.24. The van der Waals surface area contributed by atoms with Gasteiger partial charge in [0.15, 0.2) is 0 Å². The highest BCUT2D eigenvalue weighted by Gasteiger charge is 2.33. The molecular weight excluding hydrogens is 461 g/mol. The minimum atomic E-state index is -0.393. The van der Waals surface area contributed by atoms with Crippen molar-refractivity contribution in [3.8, 4) is 0 Å². The third kappa shape index (κ3) is 4.85. The number of carbonyl (C=O) groups excluding carboxylic acids is 2. The van der Waals surface area contributed by atoms with Gasteiger partial charge in [-0.2, -0.15) is 0 Å². The van der Waals surface area contributed by atoms with Crippen molar-refractivity contribution in [3.63, 3.8) is 0 Å². The highest BCUT2D eigenvalue weighted by atomic mass is 35.5. The number of aromatic nitrogens is 1. The first-order valence-corrected chi connectivity index (χ1v) is 10.3. The van der Waals surface area contributed by atoms with E-state index < -0.39 is 5.91 Å². The lowest BCUT2D eigenvalue weighted by Gasteiger charge is -2.14. The summed E-state index contributed by atoms with van der Waals surface area (Å²) in [7, 11) is 0. The Bertz CT molecular complexity index is 984. The molecule has 0 aliphatic carbocycles. The van der Waals surface area contributed by atoms with Crippen molar-refractivity contribution in [3.05, 3.63) is 67.8 Å². The predicted octanol–water partition coefficient (Wildman–Crippen LogP) is 4.56. The third-order valence-electron chi connectivity index (χ3n) is 3.72. The van der Waals surface area contributed by atoms with E-state index >= 15 is 0 Å². The molecule has 1 aliphatic heterocycles. The molecule has 144 valence electrons. The summed E-state index contributed by atoms with van der Waals surface area (Å²) in [4.78, 5) is 30.5. The lowest BCUT2D eigenvalue weighted by molar-refractivity contribution is -0.128. The second-order valence-corrected chi connectivity index (χ2v) is 8.49. The Labute approximate surface area is 186 Å². The molecule has 1 aromatic carbocycles. The molecule has 1 aliphatic rings. The summed E-state index contributed by atoms with van der Waals surface area (Å²) in [6.07, 6.45) is 3.17. The summed E-state index contributed by atoms with van der Waals surface area (Å²) < 4.78 is 0.276. The fourth-order valence-electron chi connectivity index (χ4n) is 2.33. The Morgan fingerprint density at radius 3 is 2.68 bits per heavy atom. The third-order valence-corrected chi connectivity index (χ3v) is 6.25. The molecule has 1 N–H and O–H groups in total. The average molecular weight is 473 g/mol. The van der Waals surface area contributed by atoms with Gasteiger partial charge in [0.25, 0.3) is 5.91 Å². The molecule has 1 fully saturated rings. The number of nitrogens with one attached hydrogen (secondary N) is 1. The first kappa shape index (κ1) is 21.1. The molecule has 0 unspecified atom stereocenters. The van der Waals surface area contributed by atoms with Crippen LogP contribution >= 0.6 is 58.8 Å². The molecule has 28 heavy (non-hydrogen) atoms. The first-order chi connectivity index (χ1) is 13.4. The van der Waals surface area contributed by atoms with E-state index in [4.69, 9.17) is 47.0 Å². The highest BCUT2D eigenvalue weighted by Crippen LogP contribution is 2.37. The normalized spacial score (nSPS) is 15.4. The van der Waals surface area contributed by atoms with Gasteiger partial charge in [-0.15, -0.1) is 0 Å². The van der Waals surface area contributed by atoms with Crippen molar-refractivity contribution in [1.29, 1.82) is 0 Å². The molecule has 2 amide bonds. The number of rotatable bonds is 5. The monoisotopic (exact) mass is 471 g/mol. The molecule has 0 spiro atoms. The summed E-state index contributed by atoms with van der Waals surface area (Å²) in [5, 5.41) is 3.63. The van der Waals surface area contributed by atoms with Crippen molar-refractivity contribution in [2.24, 2.45) is 0 Å². The van der Waals surface area contributed by atoms with E-state index in [0.717, 1.165) is 11.8 Å². The van der Waals surface area contributed by atoms with E-state index in [0.29, 0.717) is 26.2 Å². The zero-order valence-corrected chi connectivity index (χ0v) is 18.0. The second-order valence-electron chi connectivity index (χ2n) is 5.62. The predicted molar refractivity (Wildman–Crippen MR) is 117 cm³/mol. The number of nitrogens with zero attached hydrogens (tertiary/aromatic N) is 2. The number of benzene rings is 1. The number of amides is 2. The van der Waals surface area contributed by atoms with Gasteiger partial charge in [0, 0.05) is 16.8 Å². The van der Waals surface area contributed by atoms with Crippen LogP contribution in [0.15, 0.2) is 41.4 Å². The molecule has 0 bridgehead atoms. The number of thioether (sulfide) groups is 1. The van der Waals surface area contributed by atoms with Crippen LogP contribution < -0.4 is 5.32 Å². The summed E-state index contributed by atoms with van der Waals surface area (Å²) in [6.45, 7) is 0.0733. The average Bonchev–Trinajstić information content (AvgIpc) is 2.95. The van der Waals surface area contributed by atoms with Gasteiger partial charge >= 0.3 is 0 Å². The molecule has 0 atom stereocenters. The molecule has 2 heterocycles. The zero-order valence-electron chi connectivity index (χ0n) is 14.1. The summed E-state index contributed by atoms with van der Waals surface area (Å²) in [5.41, 5.74) is 1.14. The molecule has 2 aromatic rings. The molecule has 1 saturated heterocycles. The van der Waals surface area contributed by atoms with E-state index in [1.165, 1.54) is 11.0 Å². The maximum atomic E-state index is 12.7. The molecule has 0 saturated carbocycles. The molecule has 0 radical (unpaired) electrons. The van der Waals surface area contributed by atoms with Crippen molar-refractivity contribution < 1.29 is 9.59 Å². The maximum absolute atomic E-state index is 12.7. The summed E-state index contributed by atoms with van der Waals surface area (Å²) in [6, 6.07) is 8.57. The van der Waals surface area contributed by atoms with Gasteiger partial charge in [-0.1, -0.05) is 64.8 Å². The number of pyridine rings is 1. The van der Waals surface area contributed by atoms with Gasteiger partial charge in [0.2, 0.25) is 5.91 Å². The number of carbonyl (C=O) groups is 2. The van der Waals surface area contributed by atoms with E-state index in [1.54, 1.807) is 30.5 Å². The zero-order chi connectivity index (χ0) is 20.3. The van der Waals surface area contributed by atoms with Crippen molar-refractivity contribution in [2.45, 2.75) is 6.54 Å². The van der Waals surface area contributed by atoms with Gasteiger partial charge in [0.05, 0.1) is 27.2 Å². The SMILES string of the molecule is O=C(CN1C(=O)/C(=C/c2c(Cl)ccc(Cl)c2Cl)SC1=S)NCc1ccccn1. The topological polar surface area (TPSA) is 62.3 Å². The van der Waals surface area contributed by atoms with Gasteiger partial charge in [-0.25, -0.2) is 0 Å². The molecule has 10 heteroatoms. The van der Waals surface area contributed by atoms with Crippen LogP contribution in [0.3, 0.4) is 0 Å². The van der Waals surface area contributed by atoms with Crippen LogP contribution in [0.4, 0.5) is 0 Å². The van der Waals surface area contributed by atoms with E-state index in [2.05, 4.69) is 10.3 Å². The summed E-state index contributed by atoms with van der Waals surface area (Å²) in [5.74, 6) is -0.739. The van der Waals surface area contributed by atoms with Crippen molar-refractivity contribution >= 4 is 81.0 Å². The number of halogens is 3. The van der Waals surface area contributed by atoms with E-state index in [1.807, 2.05) is 6.07 Å². The van der Waals surface area contributed by atoms with Crippen molar-refractivity contribution in [1.82, 2.24) is 15.2 Å². The van der Waals surface area contributed by atoms with E-state index in [9.17, 15) is 9.59 Å². The lowest BCUT2D eigenvalue weighted by atomic mass is 10.2. The Balaban J connectivity index is 1.70. The lowest BCUT2D eigenvalue weighted by Crippen LogP contribution is -2.39. The van der Waals surface area contributed by atoms with Gasteiger partial charge in [0.1, 0.15) is 10.9 Å². The number of hydrogen-bond donors (Lipinski definition) is 1. The maximum Gasteiger partial charge on any atom is 0.266 e. The van der Waals surface area contributed by atoms with Crippen LogP contribution in [-0.2, 0) is 16.1 Å². The van der Waals surface area contributed by atoms with Gasteiger partial charge in [-0.05, 0) is 30.3 Å². The van der Waals surface area contributed by atoms with Crippen LogP contribution in [0, 0.1) is 0 Å². The standard InChI is InChI=1S/C18H12Cl3N3O2S2/c19-12-4-5-13(20)16(21)11(12)7-14-17(26)24(18(27)28-14)9-15(25)23-8-10-3-1-2-6-22-10/h1-7H,8-9H2,(H,23,25)/b14-7-. The smallest absolute Gasteiger partial charge is 0.266 e. The van der Waals surface area contributed by atoms with Crippen LogP contribution in [0.25, 0.3) is 6.08 Å². The fraction of sp³-hybridized carbons (Fsp3) is 0.111. The largest absolute Gasteiger partial charge is 0.349 e. The quantitative estimate of drug-likeness (QED) is 0.393. The van der Waals surface area contributed by atoms with Crippen LogP contribution in [0.1, 0.15) is 11.3 Å². The minimum Gasteiger partial charge on any atom is -0.349 e. The molecular formula is C18H12Cl3N3O2S2. The van der Waals surface area contributed by atoms with Crippen LogP contribution in [0.5, 0.6) is 0 Å². The summed E-state index contributed by atoms with van der Waals surface area (Å²) >= 11 is 24.7. The first-order valence-electron chi connectivity index (χ1n) is 7.92. The Morgan fingerprint density at radius 1 is 1.21 bits per heavy atom. The molecule has 3 rings (SSSR count). The Kier molecular flexibility index (Phi) is 6.95. The Morgan fingerprint density at radius 2 is 1.96 bits per heavy atom. The molecule has 1 aromatic heterocycles. The van der Waals surface area contributed by atoms with E-state index in [-0.39, 0.29) is 28.3 Å². The van der Waals surface area contributed by atoms with Crippen LogP contribution in [0.2, 0.25) is 15.1 Å². The number of hydrogen-bond acceptors (Lipinski definition) is 5. The number of thiocarbonyl (C=S) groups is 1. The van der Waals surface area contributed by atoms with Crippen molar-refractivity contribution in [2.75, 3.05) is 6.54 Å². The molecule has 5 nitrogen and oxygen atoms in total. The van der Waals surface area contributed by atoms with Gasteiger partial charge in [-0.3, -0.25) is 19.5 Å². The van der Waals surface area contributed by atoms with Gasteiger partial charge < -0.3 is 5.32 Å². The highest BCUT2D eigenvalue weighted by molar-refractivity contribution is 8.26. The minimum absolute atomic E-state index is 0.189. The Hall–Kier alpha value is -1.64.